The minimum atomic E-state index is 0.684. The van der Waals surface area contributed by atoms with Crippen molar-refractivity contribution >= 4 is 21.6 Å². The average molecular weight is 281 g/mol. The molecule has 0 aliphatic carbocycles. The molecule has 1 aromatic carbocycles. The molecule has 0 amide bonds. The molecule has 0 fully saturated rings. The molecule has 1 aromatic heterocycles. The quantitative estimate of drug-likeness (QED) is 0.940. The van der Waals surface area contributed by atoms with Crippen molar-refractivity contribution in [2.45, 2.75) is 13.5 Å². The van der Waals surface area contributed by atoms with E-state index >= 15 is 0 Å². The summed E-state index contributed by atoms with van der Waals surface area (Å²) in [7, 11) is 1.86. The largest absolute Gasteiger partial charge is 0.379 e. The first kappa shape index (κ1) is 11.1. The van der Waals surface area contributed by atoms with Crippen LogP contribution in [0.25, 0.3) is 0 Å². The SMILES string of the molecule is Cc1ccc(NCc2cn(C)nn2)cc1Br. The van der Waals surface area contributed by atoms with E-state index < -0.39 is 0 Å². The van der Waals surface area contributed by atoms with Crippen LogP contribution in [0.1, 0.15) is 11.3 Å². The van der Waals surface area contributed by atoms with Crippen LogP contribution in [0.4, 0.5) is 5.69 Å². The summed E-state index contributed by atoms with van der Waals surface area (Å²) in [6, 6.07) is 6.19. The van der Waals surface area contributed by atoms with Gasteiger partial charge in [-0.15, -0.1) is 5.10 Å². The summed E-state index contributed by atoms with van der Waals surface area (Å²) in [5, 5.41) is 11.2. The van der Waals surface area contributed by atoms with Gasteiger partial charge in [0.05, 0.1) is 6.54 Å². The van der Waals surface area contributed by atoms with Gasteiger partial charge in [-0.3, -0.25) is 4.68 Å². The molecule has 4 nitrogen and oxygen atoms in total. The van der Waals surface area contributed by atoms with Crippen LogP contribution >= 0.6 is 15.9 Å². The van der Waals surface area contributed by atoms with E-state index in [0.29, 0.717) is 6.54 Å². The van der Waals surface area contributed by atoms with Gasteiger partial charge in [0.25, 0.3) is 0 Å². The zero-order chi connectivity index (χ0) is 11.5. The monoisotopic (exact) mass is 280 g/mol. The van der Waals surface area contributed by atoms with Gasteiger partial charge in [-0.2, -0.15) is 0 Å². The summed E-state index contributed by atoms with van der Waals surface area (Å²) < 4.78 is 2.80. The smallest absolute Gasteiger partial charge is 0.102 e. The zero-order valence-corrected chi connectivity index (χ0v) is 10.8. The van der Waals surface area contributed by atoms with Crippen LogP contribution in [0.5, 0.6) is 0 Å². The molecule has 16 heavy (non-hydrogen) atoms. The fourth-order valence-corrected chi connectivity index (χ4v) is 1.75. The van der Waals surface area contributed by atoms with Crippen LogP contribution in [0, 0.1) is 6.92 Å². The molecule has 0 spiro atoms. The molecule has 0 bridgehead atoms. The lowest BCUT2D eigenvalue weighted by Gasteiger charge is -2.05. The standard InChI is InChI=1S/C11H13BrN4/c1-8-3-4-9(5-11(8)12)13-6-10-7-16(2)15-14-10/h3-5,7,13H,6H2,1-2H3. The van der Waals surface area contributed by atoms with E-state index in [9.17, 15) is 0 Å². The number of benzene rings is 1. The Morgan fingerprint density at radius 2 is 2.25 bits per heavy atom. The number of rotatable bonds is 3. The lowest BCUT2D eigenvalue weighted by Crippen LogP contribution is -1.99. The van der Waals surface area contributed by atoms with E-state index in [4.69, 9.17) is 0 Å². The second kappa shape index (κ2) is 4.65. The summed E-state index contributed by atoms with van der Waals surface area (Å²) in [6.07, 6.45) is 1.90. The summed E-state index contributed by atoms with van der Waals surface area (Å²) in [5.74, 6) is 0. The second-order valence-corrected chi connectivity index (χ2v) is 4.56. The molecule has 0 saturated carbocycles. The Hall–Kier alpha value is -1.36. The fraction of sp³-hybridized carbons (Fsp3) is 0.273. The maximum Gasteiger partial charge on any atom is 0.102 e. The summed E-state index contributed by atoms with van der Waals surface area (Å²) in [6.45, 7) is 2.75. The van der Waals surface area contributed by atoms with Crippen molar-refractivity contribution in [3.63, 3.8) is 0 Å². The highest BCUT2D eigenvalue weighted by Gasteiger charge is 2.00. The Labute approximate surface area is 103 Å². The lowest BCUT2D eigenvalue weighted by molar-refractivity contribution is 0.713. The number of anilines is 1. The van der Waals surface area contributed by atoms with Crippen LogP contribution in [-0.4, -0.2) is 15.0 Å². The van der Waals surface area contributed by atoms with Crippen molar-refractivity contribution in [2.24, 2.45) is 7.05 Å². The maximum atomic E-state index is 4.01. The van der Waals surface area contributed by atoms with Gasteiger partial charge in [0.1, 0.15) is 5.69 Å². The van der Waals surface area contributed by atoms with Crippen molar-refractivity contribution in [1.82, 2.24) is 15.0 Å². The molecule has 0 saturated heterocycles. The maximum absolute atomic E-state index is 4.01. The highest BCUT2D eigenvalue weighted by molar-refractivity contribution is 9.10. The summed E-state index contributed by atoms with van der Waals surface area (Å²) in [4.78, 5) is 0. The molecule has 0 aliphatic rings. The number of hydrogen-bond donors (Lipinski definition) is 1. The number of aryl methyl sites for hydroxylation is 2. The second-order valence-electron chi connectivity index (χ2n) is 3.70. The van der Waals surface area contributed by atoms with Crippen LogP contribution in [0.15, 0.2) is 28.9 Å². The number of nitrogens with zero attached hydrogens (tertiary/aromatic N) is 3. The molecule has 1 N–H and O–H groups in total. The van der Waals surface area contributed by atoms with Crippen LogP contribution in [0.3, 0.4) is 0 Å². The summed E-state index contributed by atoms with van der Waals surface area (Å²) >= 11 is 3.50. The van der Waals surface area contributed by atoms with E-state index in [1.165, 1.54) is 5.56 Å². The van der Waals surface area contributed by atoms with Crippen molar-refractivity contribution in [3.8, 4) is 0 Å². The molecular weight excluding hydrogens is 268 g/mol. The molecule has 5 heteroatoms. The van der Waals surface area contributed by atoms with Gasteiger partial charge in [0.2, 0.25) is 0 Å². The topological polar surface area (TPSA) is 42.7 Å². The van der Waals surface area contributed by atoms with Gasteiger partial charge in [-0.1, -0.05) is 27.2 Å². The Balaban J connectivity index is 2.02. The van der Waals surface area contributed by atoms with E-state index in [2.05, 4.69) is 56.7 Å². The minimum absolute atomic E-state index is 0.684. The highest BCUT2D eigenvalue weighted by Crippen LogP contribution is 2.20. The Morgan fingerprint density at radius 1 is 1.44 bits per heavy atom. The Bertz CT molecular complexity index is 492. The Morgan fingerprint density at radius 3 is 2.88 bits per heavy atom. The summed E-state index contributed by atoms with van der Waals surface area (Å²) in [5.41, 5.74) is 3.23. The molecule has 0 atom stereocenters. The highest BCUT2D eigenvalue weighted by atomic mass is 79.9. The van der Waals surface area contributed by atoms with Gasteiger partial charge >= 0.3 is 0 Å². The molecule has 2 aromatic rings. The van der Waals surface area contributed by atoms with Gasteiger partial charge in [-0.05, 0) is 24.6 Å². The molecular formula is C11H13BrN4. The van der Waals surface area contributed by atoms with Crippen molar-refractivity contribution < 1.29 is 0 Å². The average Bonchev–Trinajstić information content (AvgIpc) is 2.66. The third kappa shape index (κ3) is 2.61. The van der Waals surface area contributed by atoms with Crippen LogP contribution in [-0.2, 0) is 13.6 Å². The lowest BCUT2D eigenvalue weighted by atomic mass is 10.2. The van der Waals surface area contributed by atoms with Gasteiger partial charge in [0, 0.05) is 23.4 Å². The third-order valence-electron chi connectivity index (χ3n) is 2.30. The minimum Gasteiger partial charge on any atom is -0.379 e. The zero-order valence-electron chi connectivity index (χ0n) is 9.24. The van der Waals surface area contributed by atoms with Crippen LogP contribution in [0.2, 0.25) is 0 Å². The van der Waals surface area contributed by atoms with Gasteiger partial charge in [-0.25, -0.2) is 0 Å². The number of halogens is 1. The molecule has 2 rings (SSSR count). The number of aromatic nitrogens is 3. The van der Waals surface area contributed by atoms with Crippen LogP contribution < -0.4 is 5.32 Å². The van der Waals surface area contributed by atoms with E-state index in [-0.39, 0.29) is 0 Å². The van der Waals surface area contributed by atoms with Gasteiger partial charge < -0.3 is 5.32 Å². The predicted molar refractivity (Wildman–Crippen MR) is 67.2 cm³/mol. The van der Waals surface area contributed by atoms with E-state index in [1.807, 2.05) is 13.2 Å². The van der Waals surface area contributed by atoms with Crippen molar-refractivity contribution in [1.29, 1.82) is 0 Å². The normalized spacial score (nSPS) is 10.4. The number of nitrogens with one attached hydrogen (secondary N) is 1. The molecule has 0 aliphatic heterocycles. The number of hydrogen-bond acceptors (Lipinski definition) is 3. The molecule has 1 heterocycles. The third-order valence-corrected chi connectivity index (χ3v) is 3.15. The first-order valence-electron chi connectivity index (χ1n) is 5.00. The first-order valence-corrected chi connectivity index (χ1v) is 5.79. The van der Waals surface area contributed by atoms with Crippen molar-refractivity contribution in [2.75, 3.05) is 5.32 Å². The Kier molecular flexibility index (Phi) is 3.24. The van der Waals surface area contributed by atoms with Crippen molar-refractivity contribution in [3.05, 3.63) is 40.1 Å². The molecule has 0 radical (unpaired) electrons. The van der Waals surface area contributed by atoms with Gasteiger partial charge in [0.15, 0.2) is 0 Å². The molecule has 84 valence electrons. The van der Waals surface area contributed by atoms with E-state index in [0.717, 1.165) is 15.9 Å². The van der Waals surface area contributed by atoms with E-state index in [1.54, 1.807) is 4.68 Å². The first-order chi connectivity index (χ1) is 7.65. The molecule has 0 unspecified atom stereocenters. The fourth-order valence-electron chi connectivity index (χ4n) is 1.37. The predicted octanol–water partition coefficient (Wildman–Crippen LogP) is 2.50.